The maximum atomic E-state index is 12.0. The van der Waals surface area contributed by atoms with Crippen LogP contribution in [0.1, 0.15) is 11.1 Å². The van der Waals surface area contributed by atoms with E-state index in [2.05, 4.69) is 10.2 Å². The highest BCUT2D eigenvalue weighted by Crippen LogP contribution is 2.32. The Labute approximate surface area is 126 Å². The molecule has 0 fully saturated rings. The number of H-pyrrole nitrogens is 2. The molecule has 0 aliphatic rings. The van der Waals surface area contributed by atoms with Crippen molar-refractivity contribution in [2.45, 2.75) is 18.7 Å². The van der Waals surface area contributed by atoms with Gasteiger partial charge in [-0.1, -0.05) is 12.1 Å². The third kappa shape index (κ3) is 3.28. The predicted molar refractivity (Wildman–Crippen MR) is 85.2 cm³/mol. The van der Waals surface area contributed by atoms with Gasteiger partial charge in [-0.2, -0.15) is 0 Å². The number of aromatic nitrogens is 2. The highest BCUT2D eigenvalue weighted by Gasteiger charge is 2.13. The van der Waals surface area contributed by atoms with E-state index in [-0.39, 0.29) is 0 Å². The van der Waals surface area contributed by atoms with Crippen LogP contribution in [0.3, 0.4) is 0 Å². The van der Waals surface area contributed by atoms with Crippen LogP contribution in [0.15, 0.2) is 32.8 Å². The average Bonchev–Trinajstić information content (AvgIpc) is 2.46. The Balaban J connectivity index is 2.51. The van der Waals surface area contributed by atoms with Crippen LogP contribution in [0.2, 0.25) is 0 Å². The number of ether oxygens (including phenoxy) is 1. The molecule has 0 aliphatic carbocycles. The number of methoxy groups -OCH3 is 1. The molecule has 0 amide bonds. The van der Waals surface area contributed by atoms with Crippen molar-refractivity contribution in [2.75, 3.05) is 19.5 Å². The molecule has 1 aromatic carbocycles. The molecular formula is C15H18N2O3S. The molecule has 0 saturated heterocycles. The number of benzene rings is 1. The first kappa shape index (κ1) is 15.6. The lowest BCUT2D eigenvalue weighted by atomic mass is 10.00. The van der Waals surface area contributed by atoms with Gasteiger partial charge in [0, 0.05) is 24.0 Å². The molecule has 2 N–H and O–H groups in total. The lowest BCUT2D eigenvalue weighted by Crippen LogP contribution is -2.28. The zero-order chi connectivity index (χ0) is 15.4. The normalized spacial score (nSPS) is 10.8. The maximum absolute atomic E-state index is 12.0. The van der Waals surface area contributed by atoms with Crippen molar-refractivity contribution in [3.63, 3.8) is 0 Å². The van der Waals surface area contributed by atoms with E-state index in [1.807, 2.05) is 26.0 Å². The Morgan fingerprint density at radius 2 is 1.95 bits per heavy atom. The SMILES string of the molecule is COCCSc1c(C)ccc(-c2c[nH][nH]c(=O)c2=O)c1C. The number of aryl methyl sites for hydroxylation is 1. The fourth-order valence-electron chi connectivity index (χ4n) is 2.19. The smallest absolute Gasteiger partial charge is 0.310 e. The number of hydrogen-bond donors (Lipinski definition) is 2. The van der Waals surface area contributed by atoms with E-state index in [1.54, 1.807) is 18.9 Å². The number of hydrogen-bond acceptors (Lipinski definition) is 4. The second kappa shape index (κ2) is 6.78. The third-order valence-corrected chi connectivity index (χ3v) is 4.57. The van der Waals surface area contributed by atoms with E-state index in [9.17, 15) is 9.59 Å². The molecule has 0 atom stereocenters. The molecule has 5 nitrogen and oxygen atoms in total. The lowest BCUT2D eigenvalue weighted by Gasteiger charge is -2.13. The number of thioether (sulfide) groups is 1. The van der Waals surface area contributed by atoms with Gasteiger partial charge in [0.15, 0.2) is 0 Å². The second-order valence-corrected chi connectivity index (χ2v) is 5.82. The average molecular weight is 306 g/mol. The third-order valence-electron chi connectivity index (χ3n) is 3.28. The first-order valence-corrected chi connectivity index (χ1v) is 7.57. The summed E-state index contributed by atoms with van der Waals surface area (Å²) in [5, 5.41) is 4.90. The van der Waals surface area contributed by atoms with Gasteiger partial charge in [0.2, 0.25) is 0 Å². The molecule has 2 aromatic rings. The van der Waals surface area contributed by atoms with E-state index < -0.39 is 11.0 Å². The molecule has 0 aliphatic heterocycles. The fourth-order valence-corrected chi connectivity index (χ4v) is 3.26. The molecule has 112 valence electrons. The molecule has 0 radical (unpaired) electrons. The topological polar surface area (TPSA) is 75.0 Å². The van der Waals surface area contributed by atoms with Gasteiger partial charge >= 0.3 is 5.56 Å². The van der Waals surface area contributed by atoms with Crippen LogP contribution < -0.4 is 11.0 Å². The predicted octanol–water partition coefficient (Wildman–Crippen LogP) is 2.09. The van der Waals surface area contributed by atoms with Crippen LogP contribution >= 0.6 is 11.8 Å². The van der Waals surface area contributed by atoms with Crippen molar-refractivity contribution < 1.29 is 4.74 Å². The van der Waals surface area contributed by atoms with Gasteiger partial charge in [0.05, 0.1) is 12.2 Å². The zero-order valence-electron chi connectivity index (χ0n) is 12.3. The van der Waals surface area contributed by atoms with E-state index in [0.29, 0.717) is 12.2 Å². The monoisotopic (exact) mass is 306 g/mol. The minimum atomic E-state index is -0.638. The molecule has 2 rings (SSSR count). The summed E-state index contributed by atoms with van der Waals surface area (Å²) in [6.45, 7) is 4.67. The van der Waals surface area contributed by atoms with Crippen molar-refractivity contribution in [1.29, 1.82) is 0 Å². The number of nitrogens with one attached hydrogen (secondary N) is 2. The van der Waals surface area contributed by atoms with E-state index in [4.69, 9.17) is 4.74 Å². The Hall–Kier alpha value is -1.79. The van der Waals surface area contributed by atoms with Gasteiger partial charge < -0.3 is 9.84 Å². The molecule has 6 heteroatoms. The summed E-state index contributed by atoms with van der Waals surface area (Å²) in [6.07, 6.45) is 1.53. The quantitative estimate of drug-likeness (QED) is 0.504. The summed E-state index contributed by atoms with van der Waals surface area (Å²) in [6, 6.07) is 3.85. The molecule has 1 aromatic heterocycles. The second-order valence-electron chi connectivity index (χ2n) is 4.71. The van der Waals surface area contributed by atoms with Crippen LogP contribution in [-0.2, 0) is 4.74 Å². The Bertz CT molecular complexity index is 749. The van der Waals surface area contributed by atoms with Crippen molar-refractivity contribution in [2.24, 2.45) is 0 Å². The highest BCUT2D eigenvalue weighted by atomic mass is 32.2. The van der Waals surface area contributed by atoms with Gasteiger partial charge in [-0.3, -0.25) is 14.7 Å². The molecule has 1 heterocycles. The van der Waals surface area contributed by atoms with Gasteiger partial charge in [0.25, 0.3) is 5.43 Å². The Kier molecular flexibility index (Phi) is 5.03. The van der Waals surface area contributed by atoms with Crippen molar-refractivity contribution in [3.8, 4) is 11.1 Å². The first-order valence-electron chi connectivity index (χ1n) is 6.59. The minimum absolute atomic E-state index is 0.393. The molecule has 0 saturated carbocycles. The fraction of sp³-hybridized carbons (Fsp3) is 0.333. The molecular weight excluding hydrogens is 288 g/mol. The van der Waals surface area contributed by atoms with Crippen LogP contribution in [0.5, 0.6) is 0 Å². The van der Waals surface area contributed by atoms with E-state index in [1.165, 1.54) is 6.20 Å². The maximum Gasteiger partial charge on any atom is 0.310 e. The molecule has 0 unspecified atom stereocenters. The standard InChI is InChI=1S/C15H18N2O3S/c1-9-4-5-11(10(2)14(9)21-7-6-20-3)12-8-16-17-15(19)13(12)18/h4-5,8H,6-7H2,1-3H3,(H,16,18)(H,17,19). The molecule has 0 spiro atoms. The van der Waals surface area contributed by atoms with Gasteiger partial charge in [0.1, 0.15) is 0 Å². The minimum Gasteiger partial charge on any atom is -0.384 e. The van der Waals surface area contributed by atoms with Crippen LogP contribution in [0, 0.1) is 13.8 Å². The van der Waals surface area contributed by atoms with Crippen LogP contribution in [-0.4, -0.2) is 29.7 Å². The largest absolute Gasteiger partial charge is 0.384 e. The van der Waals surface area contributed by atoms with Crippen molar-refractivity contribution >= 4 is 11.8 Å². The van der Waals surface area contributed by atoms with Gasteiger partial charge in [-0.15, -0.1) is 11.8 Å². The Morgan fingerprint density at radius 1 is 1.19 bits per heavy atom. The lowest BCUT2D eigenvalue weighted by molar-refractivity contribution is 0.218. The number of aromatic amines is 2. The summed E-state index contributed by atoms with van der Waals surface area (Å²) in [4.78, 5) is 24.6. The van der Waals surface area contributed by atoms with Crippen molar-refractivity contribution in [3.05, 3.63) is 50.0 Å². The van der Waals surface area contributed by atoms with E-state index in [0.717, 1.165) is 27.3 Å². The summed E-state index contributed by atoms with van der Waals surface area (Å²) in [5.41, 5.74) is 2.18. The summed E-state index contributed by atoms with van der Waals surface area (Å²) >= 11 is 1.69. The van der Waals surface area contributed by atoms with E-state index >= 15 is 0 Å². The summed E-state index contributed by atoms with van der Waals surface area (Å²) in [5.74, 6) is 0.841. The van der Waals surface area contributed by atoms with Gasteiger partial charge in [-0.05, 0) is 30.5 Å². The van der Waals surface area contributed by atoms with Gasteiger partial charge in [-0.25, -0.2) is 0 Å². The molecule has 0 bridgehead atoms. The van der Waals surface area contributed by atoms with Crippen LogP contribution in [0.4, 0.5) is 0 Å². The van der Waals surface area contributed by atoms with Crippen LogP contribution in [0.25, 0.3) is 11.1 Å². The summed E-state index contributed by atoms with van der Waals surface area (Å²) < 4.78 is 5.07. The van der Waals surface area contributed by atoms with Crippen molar-refractivity contribution in [1.82, 2.24) is 10.2 Å². The zero-order valence-corrected chi connectivity index (χ0v) is 13.1. The Morgan fingerprint density at radius 3 is 2.67 bits per heavy atom. The number of rotatable bonds is 5. The molecule has 21 heavy (non-hydrogen) atoms. The summed E-state index contributed by atoms with van der Waals surface area (Å²) in [7, 11) is 1.67. The first-order chi connectivity index (χ1) is 10.1. The highest BCUT2D eigenvalue weighted by molar-refractivity contribution is 7.99.